The first-order chi connectivity index (χ1) is 12.2. The standard InChI is InChI=1S/C20H32N4O/c1-17-7-9-24(10-8-17)20(21-2)22-15-18-3-5-19(6-4-18)16-23-11-13-25-14-12-23/h3-6,17H,7-16H2,1-2H3,(H,21,22). The highest BCUT2D eigenvalue weighted by atomic mass is 16.5. The second kappa shape index (κ2) is 9.20. The molecule has 5 nitrogen and oxygen atoms in total. The maximum Gasteiger partial charge on any atom is 0.193 e. The number of hydrogen-bond donors (Lipinski definition) is 1. The van der Waals surface area contributed by atoms with Gasteiger partial charge in [0.2, 0.25) is 0 Å². The first-order valence-corrected chi connectivity index (χ1v) is 9.58. The molecule has 2 saturated heterocycles. The van der Waals surface area contributed by atoms with Crippen LogP contribution in [0.4, 0.5) is 0 Å². The summed E-state index contributed by atoms with van der Waals surface area (Å²) in [4.78, 5) is 9.30. The first kappa shape index (κ1) is 18.2. The lowest BCUT2D eigenvalue weighted by Crippen LogP contribution is -2.45. The third-order valence-corrected chi connectivity index (χ3v) is 5.28. The number of morpholine rings is 1. The van der Waals surface area contributed by atoms with Gasteiger partial charge in [0, 0.05) is 46.3 Å². The smallest absolute Gasteiger partial charge is 0.193 e. The quantitative estimate of drug-likeness (QED) is 0.672. The van der Waals surface area contributed by atoms with Gasteiger partial charge < -0.3 is 15.0 Å². The van der Waals surface area contributed by atoms with Gasteiger partial charge >= 0.3 is 0 Å². The summed E-state index contributed by atoms with van der Waals surface area (Å²) in [7, 11) is 1.88. The molecular weight excluding hydrogens is 312 g/mol. The second-order valence-corrected chi connectivity index (χ2v) is 7.28. The predicted molar refractivity (Wildman–Crippen MR) is 103 cm³/mol. The number of likely N-dealkylation sites (tertiary alicyclic amines) is 1. The van der Waals surface area contributed by atoms with Gasteiger partial charge in [0.05, 0.1) is 13.2 Å². The van der Waals surface area contributed by atoms with Crippen molar-refractivity contribution in [2.45, 2.75) is 32.9 Å². The number of ether oxygens (including phenoxy) is 1. The third kappa shape index (κ3) is 5.44. The average molecular weight is 345 g/mol. The molecule has 2 aliphatic heterocycles. The molecule has 1 aromatic rings. The Balaban J connectivity index is 1.47. The fraction of sp³-hybridized carbons (Fsp3) is 0.650. The highest BCUT2D eigenvalue weighted by Gasteiger charge is 2.18. The third-order valence-electron chi connectivity index (χ3n) is 5.28. The molecule has 138 valence electrons. The summed E-state index contributed by atoms with van der Waals surface area (Å²) in [6.45, 7) is 10.2. The largest absolute Gasteiger partial charge is 0.379 e. The van der Waals surface area contributed by atoms with E-state index in [9.17, 15) is 0 Å². The molecule has 1 N–H and O–H groups in total. The minimum Gasteiger partial charge on any atom is -0.379 e. The molecule has 3 rings (SSSR count). The van der Waals surface area contributed by atoms with Crippen molar-refractivity contribution >= 4 is 5.96 Å². The Kier molecular flexibility index (Phi) is 6.70. The lowest BCUT2D eigenvalue weighted by molar-refractivity contribution is 0.0342. The van der Waals surface area contributed by atoms with Crippen LogP contribution in [0.25, 0.3) is 0 Å². The van der Waals surface area contributed by atoms with E-state index < -0.39 is 0 Å². The van der Waals surface area contributed by atoms with Crippen LogP contribution in [0.3, 0.4) is 0 Å². The topological polar surface area (TPSA) is 40.1 Å². The van der Waals surface area contributed by atoms with Gasteiger partial charge in [0.1, 0.15) is 0 Å². The number of rotatable bonds is 4. The van der Waals surface area contributed by atoms with Crippen LogP contribution in [0.1, 0.15) is 30.9 Å². The van der Waals surface area contributed by atoms with Crippen LogP contribution >= 0.6 is 0 Å². The summed E-state index contributed by atoms with van der Waals surface area (Å²) >= 11 is 0. The first-order valence-electron chi connectivity index (χ1n) is 9.58. The Morgan fingerprint density at radius 3 is 2.36 bits per heavy atom. The number of benzene rings is 1. The molecule has 0 radical (unpaired) electrons. The molecule has 5 heteroatoms. The van der Waals surface area contributed by atoms with E-state index in [2.05, 4.69) is 51.3 Å². The number of guanidine groups is 1. The van der Waals surface area contributed by atoms with E-state index in [1.165, 1.54) is 24.0 Å². The van der Waals surface area contributed by atoms with E-state index in [1.807, 2.05) is 7.05 Å². The van der Waals surface area contributed by atoms with Crippen LogP contribution in [0, 0.1) is 5.92 Å². The number of nitrogens with zero attached hydrogens (tertiary/aromatic N) is 3. The van der Waals surface area contributed by atoms with Crippen molar-refractivity contribution in [3.63, 3.8) is 0 Å². The summed E-state index contributed by atoms with van der Waals surface area (Å²) in [5, 5.41) is 3.52. The summed E-state index contributed by atoms with van der Waals surface area (Å²) in [5.74, 6) is 1.87. The number of piperidine rings is 1. The monoisotopic (exact) mass is 344 g/mol. The van der Waals surface area contributed by atoms with Crippen molar-refractivity contribution in [2.24, 2.45) is 10.9 Å². The molecule has 2 heterocycles. The maximum absolute atomic E-state index is 5.41. The fourth-order valence-corrected chi connectivity index (χ4v) is 3.51. The number of nitrogens with one attached hydrogen (secondary N) is 1. The van der Waals surface area contributed by atoms with Crippen molar-refractivity contribution < 1.29 is 4.74 Å². The van der Waals surface area contributed by atoms with Gasteiger partial charge in [-0.15, -0.1) is 0 Å². The van der Waals surface area contributed by atoms with Crippen LogP contribution in [-0.4, -0.2) is 62.2 Å². The minimum atomic E-state index is 0.830. The van der Waals surface area contributed by atoms with Gasteiger partial charge in [0.15, 0.2) is 5.96 Å². The summed E-state index contributed by atoms with van der Waals surface area (Å²) in [6, 6.07) is 8.96. The Hall–Kier alpha value is -1.59. The zero-order valence-electron chi connectivity index (χ0n) is 15.7. The minimum absolute atomic E-state index is 0.830. The summed E-state index contributed by atoms with van der Waals surface area (Å²) in [6.07, 6.45) is 2.52. The molecule has 25 heavy (non-hydrogen) atoms. The van der Waals surface area contributed by atoms with E-state index in [-0.39, 0.29) is 0 Å². The molecule has 0 spiro atoms. The van der Waals surface area contributed by atoms with E-state index in [0.29, 0.717) is 0 Å². The van der Waals surface area contributed by atoms with Gasteiger partial charge in [0.25, 0.3) is 0 Å². The molecule has 0 unspecified atom stereocenters. The van der Waals surface area contributed by atoms with Crippen molar-refractivity contribution in [2.75, 3.05) is 46.4 Å². The van der Waals surface area contributed by atoms with Gasteiger partial charge in [-0.3, -0.25) is 9.89 Å². The predicted octanol–water partition coefficient (Wildman–Crippen LogP) is 2.33. The maximum atomic E-state index is 5.41. The average Bonchev–Trinajstić information content (AvgIpc) is 2.66. The van der Waals surface area contributed by atoms with Gasteiger partial charge in [-0.25, -0.2) is 0 Å². The Bertz CT molecular complexity index is 543. The molecule has 2 fully saturated rings. The van der Waals surface area contributed by atoms with E-state index >= 15 is 0 Å². The van der Waals surface area contributed by atoms with Crippen molar-refractivity contribution in [1.82, 2.24) is 15.1 Å². The summed E-state index contributed by atoms with van der Waals surface area (Å²) in [5.41, 5.74) is 2.68. The van der Waals surface area contributed by atoms with Crippen LogP contribution < -0.4 is 5.32 Å². The second-order valence-electron chi connectivity index (χ2n) is 7.28. The van der Waals surface area contributed by atoms with Crippen molar-refractivity contribution in [3.8, 4) is 0 Å². The lowest BCUT2D eigenvalue weighted by atomic mass is 9.99. The van der Waals surface area contributed by atoms with Gasteiger partial charge in [-0.05, 0) is 29.9 Å². The molecule has 0 bridgehead atoms. The SMILES string of the molecule is CN=C(NCc1ccc(CN2CCOCC2)cc1)N1CCC(C)CC1. The van der Waals surface area contributed by atoms with Gasteiger partial charge in [-0.2, -0.15) is 0 Å². The lowest BCUT2D eigenvalue weighted by Gasteiger charge is -2.33. The zero-order chi connectivity index (χ0) is 17.5. The Morgan fingerprint density at radius 1 is 1.08 bits per heavy atom. The van der Waals surface area contributed by atoms with Crippen LogP contribution in [-0.2, 0) is 17.8 Å². The molecular formula is C20H32N4O. The molecule has 0 saturated carbocycles. The Labute approximate surface area is 152 Å². The van der Waals surface area contributed by atoms with Crippen molar-refractivity contribution in [3.05, 3.63) is 35.4 Å². The molecule has 1 aromatic carbocycles. The van der Waals surface area contributed by atoms with Crippen molar-refractivity contribution in [1.29, 1.82) is 0 Å². The van der Waals surface area contributed by atoms with Crippen LogP contribution in [0.2, 0.25) is 0 Å². The normalized spacial score (nSPS) is 20.7. The molecule has 2 aliphatic rings. The van der Waals surface area contributed by atoms with E-state index in [0.717, 1.165) is 64.4 Å². The number of hydrogen-bond acceptors (Lipinski definition) is 3. The van der Waals surface area contributed by atoms with Crippen LogP contribution in [0.15, 0.2) is 29.3 Å². The highest BCUT2D eigenvalue weighted by Crippen LogP contribution is 2.16. The zero-order valence-corrected chi connectivity index (χ0v) is 15.7. The molecule has 0 aromatic heterocycles. The highest BCUT2D eigenvalue weighted by molar-refractivity contribution is 5.79. The summed E-state index contributed by atoms with van der Waals surface area (Å²) < 4.78 is 5.41. The van der Waals surface area contributed by atoms with E-state index in [1.54, 1.807) is 0 Å². The molecule has 0 amide bonds. The van der Waals surface area contributed by atoms with Gasteiger partial charge in [-0.1, -0.05) is 31.2 Å². The Morgan fingerprint density at radius 2 is 1.72 bits per heavy atom. The fourth-order valence-electron chi connectivity index (χ4n) is 3.51. The number of aliphatic imine (C=N–C) groups is 1. The van der Waals surface area contributed by atoms with Crippen LogP contribution in [0.5, 0.6) is 0 Å². The van der Waals surface area contributed by atoms with E-state index in [4.69, 9.17) is 4.74 Å². The molecule has 0 atom stereocenters. The molecule has 0 aliphatic carbocycles.